The van der Waals surface area contributed by atoms with Gasteiger partial charge in [-0.25, -0.2) is 4.79 Å². The summed E-state index contributed by atoms with van der Waals surface area (Å²) in [6.45, 7) is 1.75. The van der Waals surface area contributed by atoms with Gasteiger partial charge in [0.15, 0.2) is 5.57 Å². The number of nitrogens with one attached hydrogen (secondary N) is 2. The first-order valence-electron chi connectivity index (χ1n) is 8.01. The number of aromatic nitrogens is 1. The minimum absolute atomic E-state index is 0.0490. The molecule has 2 N–H and O–H groups in total. The number of rotatable bonds is 6. The van der Waals surface area contributed by atoms with Crippen LogP contribution in [-0.4, -0.2) is 23.8 Å². The number of nitrogens with zero attached hydrogens (tertiary/aromatic N) is 2. The van der Waals surface area contributed by atoms with E-state index in [1.54, 1.807) is 43.5 Å². The van der Waals surface area contributed by atoms with Crippen LogP contribution in [0.25, 0.3) is 11.1 Å². The van der Waals surface area contributed by atoms with E-state index in [2.05, 4.69) is 10.3 Å². The van der Waals surface area contributed by atoms with Crippen molar-refractivity contribution in [2.45, 2.75) is 11.8 Å². The largest absolute Gasteiger partial charge is 0.462 e. The first kappa shape index (κ1) is 21.1. The number of esters is 1. The summed E-state index contributed by atoms with van der Waals surface area (Å²) in [5, 5.41) is 21.9. The molecule has 2 rings (SSSR count). The lowest BCUT2D eigenvalue weighted by atomic mass is 10.0. The number of carbonyl (C=O) groups excluding carboxylic acids is 1. The van der Waals surface area contributed by atoms with E-state index in [4.69, 9.17) is 21.6 Å². The first-order chi connectivity index (χ1) is 13.5. The molecule has 0 fully saturated rings. The van der Waals surface area contributed by atoms with Gasteiger partial charge in [-0.15, -0.1) is 11.8 Å². The van der Waals surface area contributed by atoms with Crippen molar-refractivity contribution < 1.29 is 9.53 Å². The molecule has 0 bridgehead atoms. The zero-order valence-corrected chi connectivity index (χ0v) is 16.6. The van der Waals surface area contributed by atoms with Crippen LogP contribution in [0.4, 0.5) is 5.82 Å². The standard InChI is InChI=1S/C19H15ClN4O3S/c1-3-27-19(26)12(8-21)10-23-17-16(28-2)15(14(9-22)18(25)24-17)11-4-6-13(20)7-5-11/h4-7,10H,3H2,1-2H3,(H2,23,24,25)/b12-10-. The minimum Gasteiger partial charge on any atom is -0.462 e. The zero-order chi connectivity index (χ0) is 20.7. The summed E-state index contributed by atoms with van der Waals surface area (Å²) >= 11 is 7.22. The second-order valence-electron chi connectivity index (χ2n) is 5.27. The number of benzene rings is 1. The third-order valence-corrected chi connectivity index (χ3v) is 4.66. The van der Waals surface area contributed by atoms with E-state index in [0.29, 0.717) is 21.0 Å². The summed E-state index contributed by atoms with van der Waals surface area (Å²) in [5.74, 6) is -0.532. The van der Waals surface area contributed by atoms with Crippen molar-refractivity contribution >= 4 is 35.1 Å². The molecule has 28 heavy (non-hydrogen) atoms. The van der Waals surface area contributed by atoms with Crippen molar-refractivity contribution in [2.75, 3.05) is 18.2 Å². The lowest BCUT2D eigenvalue weighted by Gasteiger charge is -2.14. The highest BCUT2D eigenvalue weighted by Crippen LogP contribution is 2.36. The molecule has 1 aromatic carbocycles. The van der Waals surface area contributed by atoms with Crippen molar-refractivity contribution in [3.63, 3.8) is 0 Å². The predicted molar refractivity (Wildman–Crippen MR) is 108 cm³/mol. The van der Waals surface area contributed by atoms with Crippen LogP contribution in [0.2, 0.25) is 5.02 Å². The van der Waals surface area contributed by atoms with Crippen molar-refractivity contribution in [2.24, 2.45) is 0 Å². The molecular formula is C19H15ClN4O3S. The van der Waals surface area contributed by atoms with Gasteiger partial charge in [-0.05, 0) is 30.9 Å². The monoisotopic (exact) mass is 414 g/mol. The van der Waals surface area contributed by atoms with Crippen LogP contribution in [0.15, 0.2) is 45.7 Å². The third-order valence-electron chi connectivity index (χ3n) is 3.60. The summed E-state index contributed by atoms with van der Waals surface area (Å²) in [5.41, 5.74) is 0.158. The Balaban J connectivity index is 2.63. The molecule has 7 nitrogen and oxygen atoms in total. The molecule has 9 heteroatoms. The molecule has 0 unspecified atom stereocenters. The Labute approximate surface area is 170 Å². The van der Waals surface area contributed by atoms with Gasteiger partial charge in [0.2, 0.25) is 0 Å². The van der Waals surface area contributed by atoms with Gasteiger partial charge in [-0.1, -0.05) is 23.7 Å². The fraction of sp³-hybridized carbons (Fsp3) is 0.158. The number of anilines is 1. The molecule has 0 atom stereocenters. The highest BCUT2D eigenvalue weighted by Gasteiger charge is 2.19. The lowest BCUT2D eigenvalue weighted by molar-refractivity contribution is -0.138. The molecule has 0 amide bonds. The topological polar surface area (TPSA) is 119 Å². The van der Waals surface area contributed by atoms with E-state index in [9.17, 15) is 14.9 Å². The van der Waals surface area contributed by atoms with E-state index < -0.39 is 11.5 Å². The number of pyridine rings is 1. The summed E-state index contributed by atoms with van der Waals surface area (Å²) in [6.07, 6.45) is 2.93. The van der Waals surface area contributed by atoms with Gasteiger partial charge in [0.1, 0.15) is 23.5 Å². The maximum Gasteiger partial charge on any atom is 0.350 e. The molecule has 2 aromatic rings. The second-order valence-corrected chi connectivity index (χ2v) is 6.52. The number of carbonyl (C=O) groups is 1. The quantitative estimate of drug-likeness (QED) is 0.320. The Kier molecular flexibility index (Phi) is 7.28. The SMILES string of the molecule is CCOC(=O)/C(C#N)=C\Nc1[nH]c(=O)c(C#N)c(-c2ccc(Cl)cc2)c1SC. The van der Waals surface area contributed by atoms with Crippen LogP contribution in [0, 0.1) is 22.7 Å². The number of hydrogen-bond acceptors (Lipinski definition) is 7. The van der Waals surface area contributed by atoms with E-state index in [-0.39, 0.29) is 23.6 Å². The molecule has 1 aromatic heterocycles. The number of thioether (sulfide) groups is 1. The maximum atomic E-state index is 12.4. The van der Waals surface area contributed by atoms with Crippen molar-refractivity contribution in [3.05, 3.63) is 57.0 Å². The number of halogens is 1. The van der Waals surface area contributed by atoms with Gasteiger partial charge in [-0.2, -0.15) is 10.5 Å². The Morgan fingerprint density at radius 1 is 1.36 bits per heavy atom. The van der Waals surface area contributed by atoms with Crippen LogP contribution in [0.3, 0.4) is 0 Å². The molecule has 142 valence electrons. The molecule has 0 aliphatic heterocycles. The first-order valence-corrected chi connectivity index (χ1v) is 9.61. The van der Waals surface area contributed by atoms with E-state index in [0.717, 1.165) is 6.20 Å². The van der Waals surface area contributed by atoms with Crippen molar-refractivity contribution in [3.8, 4) is 23.3 Å². The fourth-order valence-corrected chi connectivity index (χ4v) is 3.24. The van der Waals surface area contributed by atoms with Gasteiger partial charge < -0.3 is 15.0 Å². The Morgan fingerprint density at radius 2 is 2.04 bits per heavy atom. The number of nitriles is 2. The summed E-state index contributed by atoms with van der Waals surface area (Å²) in [6, 6.07) is 10.4. The summed E-state index contributed by atoms with van der Waals surface area (Å²) < 4.78 is 4.80. The van der Waals surface area contributed by atoms with Gasteiger partial charge in [0.05, 0.1) is 11.5 Å². The lowest BCUT2D eigenvalue weighted by Crippen LogP contribution is -2.16. The van der Waals surface area contributed by atoms with Crippen molar-refractivity contribution in [1.29, 1.82) is 10.5 Å². The summed E-state index contributed by atoms with van der Waals surface area (Å²) in [7, 11) is 0. The third kappa shape index (κ3) is 4.55. The average molecular weight is 415 g/mol. The van der Waals surface area contributed by atoms with Crippen LogP contribution >= 0.6 is 23.4 Å². The van der Waals surface area contributed by atoms with Crippen LogP contribution < -0.4 is 10.9 Å². The van der Waals surface area contributed by atoms with E-state index in [1.165, 1.54) is 11.8 Å². The number of H-pyrrole nitrogens is 1. The maximum absolute atomic E-state index is 12.4. The molecule has 1 heterocycles. The fourth-order valence-electron chi connectivity index (χ4n) is 2.38. The Bertz CT molecular complexity index is 1060. The highest BCUT2D eigenvalue weighted by atomic mass is 35.5. The second kappa shape index (κ2) is 9.65. The molecule has 0 aliphatic rings. The average Bonchev–Trinajstić information content (AvgIpc) is 2.68. The van der Waals surface area contributed by atoms with Gasteiger partial charge >= 0.3 is 5.97 Å². The molecule has 0 aliphatic carbocycles. The molecular weight excluding hydrogens is 400 g/mol. The smallest absolute Gasteiger partial charge is 0.350 e. The summed E-state index contributed by atoms with van der Waals surface area (Å²) in [4.78, 5) is 27.3. The minimum atomic E-state index is -0.780. The molecule has 0 saturated heterocycles. The Hall–Kier alpha value is -3.20. The number of ether oxygens (including phenoxy) is 1. The van der Waals surface area contributed by atoms with Gasteiger partial charge in [0.25, 0.3) is 5.56 Å². The highest BCUT2D eigenvalue weighted by molar-refractivity contribution is 7.98. The van der Waals surface area contributed by atoms with Crippen molar-refractivity contribution in [1.82, 2.24) is 4.98 Å². The van der Waals surface area contributed by atoms with Gasteiger partial charge in [0, 0.05) is 16.8 Å². The van der Waals surface area contributed by atoms with Gasteiger partial charge in [-0.3, -0.25) is 4.79 Å². The molecule has 0 radical (unpaired) electrons. The normalized spacial score (nSPS) is 10.7. The zero-order valence-electron chi connectivity index (χ0n) is 15.0. The molecule has 0 spiro atoms. The molecule has 0 saturated carbocycles. The van der Waals surface area contributed by atoms with Crippen LogP contribution in [0.1, 0.15) is 12.5 Å². The van der Waals surface area contributed by atoms with E-state index >= 15 is 0 Å². The Morgan fingerprint density at radius 3 is 2.57 bits per heavy atom. The van der Waals surface area contributed by atoms with Crippen LogP contribution in [-0.2, 0) is 9.53 Å². The van der Waals surface area contributed by atoms with E-state index in [1.807, 2.05) is 6.07 Å². The van der Waals surface area contributed by atoms with Crippen LogP contribution in [0.5, 0.6) is 0 Å². The number of hydrogen-bond donors (Lipinski definition) is 2. The number of aromatic amines is 1. The predicted octanol–water partition coefficient (Wildman–Crippen LogP) is 3.67.